The summed E-state index contributed by atoms with van der Waals surface area (Å²) in [4.78, 5) is 19.6. The fourth-order valence-corrected chi connectivity index (χ4v) is 4.58. The molecule has 0 spiro atoms. The monoisotopic (exact) mass is 453 g/mol. The molecular formula is C23H23N3O3S2. The quantitative estimate of drug-likeness (QED) is 0.409. The number of furan rings is 1. The molecule has 0 bridgehead atoms. The Morgan fingerprint density at radius 3 is 2.74 bits per heavy atom. The minimum atomic E-state index is -0.334. The van der Waals surface area contributed by atoms with Crippen molar-refractivity contribution in [2.45, 2.75) is 35.9 Å². The Balaban J connectivity index is 1.63. The zero-order valence-electron chi connectivity index (χ0n) is 17.3. The van der Waals surface area contributed by atoms with Crippen LogP contribution in [0.25, 0.3) is 0 Å². The third kappa shape index (κ3) is 4.91. The lowest BCUT2D eigenvalue weighted by molar-refractivity contribution is -0.143. The van der Waals surface area contributed by atoms with Gasteiger partial charge in [0.05, 0.1) is 18.3 Å². The second kappa shape index (κ2) is 9.53. The minimum Gasteiger partial charge on any atom is -0.465 e. The maximum Gasteiger partial charge on any atom is 0.325 e. The SMILES string of the molecule is CCOC(=O)CN1C(=S)N[C@H](c2ccccn2)[C@@H]1c1ccc(Sc2ccc(C)cc2)o1. The molecule has 160 valence electrons. The zero-order chi connectivity index (χ0) is 21.8. The normalized spacial score (nSPS) is 18.1. The first kappa shape index (κ1) is 21.4. The fraction of sp³-hybridized carbons (Fsp3) is 0.261. The predicted molar refractivity (Wildman–Crippen MR) is 123 cm³/mol. The Hall–Kier alpha value is -2.84. The molecule has 31 heavy (non-hydrogen) atoms. The van der Waals surface area contributed by atoms with Crippen molar-refractivity contribution in [2.75, 3.05) is 13.2 Å². The van der Waals surface area contributed by atoms with E-state index in [1.54, 1.807) is 24.9 Å². The molecule has 8 heteroatoms. The van der Waals surface area contributed by atoms with Crippen molar-refractivity contribution in [3.8, 4) is 0 Å². The van der Waals surface area contributed by atoms with E-state index in [0.29, 0.717) is 17.5 Å². The van der Waals surface area contributed by atoms with E-state index in [4.69, 9.17) is 21.4 Å². The lowest BCUT2D eigenvalue weighted by atomic mass is 10.0. The smallest absolute Gasteiger partial charge is 0.325 e. The van der Waals surface area contributed by atoms with Crippen LogP contribution in [0.3, 0.4) is 0 Å². The van der Waals surface area contributed by atoms with E-state index < -0.39 is 0 Å². The Labute approximate surface area is 191 Å². The van der Waals surface area contributed by atoms with Crippen molar-refractivity contribution in [3.63, 3.8) is 0 Å². The van der Waals surface area contributed by atoms with Crippen LogP contribution in [0.5, 0.6) is 0 Å². The summed E-state index contributed by atoms with van der Waals surface area (Å²) in [6.45, 7) is 4.20. The van der Waals surface area contributed by atoms with Crippen LogP contribution in [0, 0.1) is 6.92 Å². The number of rotatable bonds is 7. The molecule has 2 atom stereocenters. The number of hydrogen-bond acceptors (Lipinski definition) is 6. The summed E-state index contributed by atoms with van der Waals surface area (Å²) in [5.41, 5.74) is 2.04. The summed E-state index contributed by atoms with van der Waals surface area (Å²) in [6, 6.07) is 17.3. The second-order valence-corrected chi connectivity index (χ2v) is 8.60. The van der Waals surface area contributed by atoms with E-state index in [0.717, 1.165) is 15.7 Å². The van der Waals surface area contributed by atoms with Gasteiger partial charge in [0.1, 0.15) is 18.3 Å². The van der Waals surface area contributed by atoms with Crippen LogP contribution < -0.4 is 5.32 Å². The first-order chi connectivity index (χ1) is 15.0. The molecule has 1 aliphatic rings. The first-order valence-corrected chi connectivity index (χ1v) is 11.3. The number of ether oxygens (including phenoxy) is 1. The molecule has 3 heterocycles. The van der Waals surface area contributed by atoms with Crippen molar-refractivity contribution in [1.29, 1.82) is 0 Å². The molecular weight excluding hydrogens is 430 g/mol. The van der Waals surface area contributed by atoms with Crippen LogP contribution in [0.15, 0.2) is 75.2 Å². The second-order valence-electron chi connectivity index (χ2n) is 7.13. The summed E-state index contributed by atoms with van der Waals surface area (Å²) in [6.07, 6.45) is 1.74. The van der Waals surface area contributed by atoms with Gasteiger partial charge in [-0.05, 0) is 62.5 Å². The standard InChI is InChI=1S/C23H23N3O3S2/c1-3-28-19(27)14-26-22(21(25-23(26)30)17-6-4-5-13-24-17)18-11-12-20(29-18)31-16-9-7-15(2)8-10-16/h4-13,21-22H,3,14H2,1-2H3,(H,25,30)/t21-,22+/m1/s1. The van der Waals surface area contributed by atoms with Gasteiger partial charge < -0.3 is 19.4 Å². The molecule has 0 aliphatic carbocycles. The molecule has 0 saturated carbocycles. The van der Waals surface area contributed by atoms with Crippen LogP contribution in [-0.2, 0) is 9.53 Å². The number of nitrogens with zero attached hydrogens (tertiary/aromatic N) is 2. The number of hydrogen-bond donors (Lipinski definition) is 1. The maximum absolute atomic E-state index is 12.2. The highest BCUT2D eigenvalue weighted by molar-refractivity contribution is 7.99. The minimum absolute atomic E-state index is 0.0365. The van der Waals surface area contributed by atoms with E-state index in [-0.39, 0.29) is 24.6 Å². The number of carbonyl (C=O) groups is 1. The van der Waals surface area contributed by atoms with Gasteiger partial charge in [-0.3, -0.25) is 9.78 Å². The molecule has 1 fully saturated rings. The molecule has 2 aromatic heterocycles. The summed E-state index contributed by atoms with van der Waals surface area (Å²) >= 11 is 7.10. The highest BCUT2D eigenvalue weighted by Gasteiger charge is 2.42. The predicted octanol–water partition coefficient (Wildman–Crippen LogP) is 4.67. The van der Waals surface area contributed by atoms with Gasteiger partial charge in [0.2, 0.25) is 0 Å². The lowest BCUT2D eigenvalue weighted by Gasteiger charge is -2.25. The fourth-order valence-electron chi connectivity index (χ4n) is 3.50. The molecule has 4 rings (SSSR count). The Kier molecular flexibility index (Phi) is 6.58. The number of thiocarbonyl (C=S) groups is 1. The molecule has 6 nitrogen and oxygen atoms in total. The number of aromatic nitrogens is 1. The highest BCUT2D eigenvalue weighted by Crippen LogP contribution is 2.41. The van der Waals surface area contributed by atoms with E-state index in [9.17, 15) is 4.79 Å². The van der Waals surface area contributed by atoms with Gasteiger partial charge in [0, 0.05) is 11.1 Å². The van der Waals surface area contributed by atoms with Gasteiger partial charge in [0.15, 0.2) is 10.2 Å². The first-order valence-electron chi connectivity index (χ1n) is 10.0. The molecule has 1 N–H and O–H groups in total. The largest absolute Gasteiger partial charge is 0.465 e. The highest BCUT2D eigenvalue weighted by atomic mass is 32.2. The molecule has 1 aliphatic heterocycles. The van der Waals surface area contributed by atoms with Crippen LogP contribution in [0.2, 0.25) is 0 Å². The van der Waals surface area contributed by atoms with Crippen LogP contribution in [0.4, 0.5) is 0 Å². The van der Waals surface area contributed by atoms with Crippen molar-refractivity contribution >= 4 is 35.1 Å². The number of aryl methyl sites for hydroxylation is 1. The van der Waals surface area contributed by atoms with Gasteiger partial charge in [0.25, 0.3) is 0 Å². The molecule has 0 radical (unpaired) electrons. The van der Waals surface area contributed by atoms with Gasteiger partial charge >= 0.3 is 5.97 Å². The average molecular weight is 454 g/mol. The molecule has 0 unspecified atom stereocenters. The van der Waals surface area contributed by atoms with E-state index in [1.807, 2.05) is 35.2 Å². The molecule has 3 aromatic rings. The van der Waals surface area contributed by atoms with Gasteiger partial charge in [-0.2, -0.15) is 0 Å². The van der Waals surface area contributed by atoms with E-state index >= 15 is 0 Å². The van der Waals surface area contributed by atoms with Gasteiger partial charge in [-0.15, -0.1) is 0 Å². The third-order valence-corrected chi connectivity index (χ3v) is 6.22. The van der Waals surface area contributed by atoms with Gasteiger partial charge in [-0.1, -0.05) is 35.5 Å². The Morgan fingerprint density at radius 1 is 1.23 bits per heavy atom. The average Bonchev–Trinajstić information content (AvgIpc) is 3.35. The number of esters is 1. The summed E-state index contributed by atoms with van der Waals surface area (Å²) in [5, 5.41) is 4.54. The third-order valence-electron chi connectivity index (χ3n) is 4.94. The summed E-state index contributed by atoms with van der Waals surface area (Å²) in [5.74, 6) is 0.376. The van der Waals surface area contributed by atoms with Crippen molar-refractivity contribution in [1.82, 2.24) is 15.2 Å². The Bertz CT molecular complexity index is 1050. The molecule has 0 amide bonds. The van der Waals surface area contributed by atoms with Crippen LogP contribution in [0.1, 0.15) is 36.0 Å². The van der Waals surface area contributed by atoms with Crippen LogP contribution in [-0.4, -0.2) is 34.1 Å². The van der Waals surface area contributed by atoms with Crippen molar-refractivity contribution in [3.05, 3.63) is 77.8 Å². The summed E-state index contributed by atoms with van der Waals surface area (Å²) < 4.78 is 11.4. The Morgan fingerprint density at radius 2 is 2.03 bits per heavy atom. The number of nitrogens with one attached hydrogen (secondary N) is 1. The summed E-state index contributed by atoms with van der Waals surface area (Å²) in [7, 11) is 0. The van der Waals surface area contributed by atoms with Gasteiger partial charge in [-0.25, -0.2) is 0 Å². The van der Waals surface area contributed by atoms with E-state index in [1.165, 1.54) is 5.56 Å². The molecule has 1 saturated heterocycles. The topological polar surface area (TPSA) is 67.6 Å². The number of carbonyl (C=O) groups excluding carboxylic acids is 1. The maximum atomic E-state index is 12.2. The molecule has 1 aromatic carbocycles. The van der Waals surface area contributed by atoms with Crippen molar-refractivity contribution < 1.29 is 13.9 Å². The lowest BCUT2D eigenvalue weighted by Crippen LogP contribution is -2.35. The van der Waals surface area contributed by atoms with Crippen LogP contribution >= 0.6 is 24.0 Å². The van der Waals surface area contributed by atoms with E-state index in [2.05, 4.69) is 41.5 Å². The number of pyridine rings is 1. The number of benzene rings is 1. The zero-order valence-corrected chi connectivity index (χ0v) is 18.9. The van der Waals surface area contributed by atoms with Crippen molar-refractivity contribution in [2.24, 2.45) is 0 Å².